The number of nitrogens with one attached hydrogen (secondary N) is 1. The third-order valence-electron chi connectivity index (χ3n) is 1.78. The van der Waals surface area contributed by atoms with Gasteiger partial charge in [-0.3, -0.25) is 10.1 Å². The summed E-state index contributed by atoms with van der Waals surface area (Å²) >= 11 is 6.57. The Kier molecular flexibility index (Phi) is 4.70. The van der Waals surface area contributed by atoms with E-state index in [4.69, 9.17) is 16.3 Å². The number of carbonyl (C=O) groups excluding carboxylic acids is 2. The van der Waals surface area contributed by atoms with E-state index in [-0.39, 0.29) is 11.7 Å². The molecule has 18 heavy (non-hydrogen) atoms. The van der Waals surface area contributed by atoms with Crippen LogP contribution in [0.3, 0.4) is 0 Å². The van der Waals surface area contributed by atoms with Crippen LogP contribution in [-0.2, 0) is 4.74 Å². The molecule has 0 unspecified atom stereocenters. The summed E-state index contributed by atoms with van der Waals surface area (Å²) in [7, 11) is 0. The predicted molar refractivity (Wildman–Crippen MR) is 71.8 cm³/mol. The number of nitrogens with zero attached hydrogens (tertiary/aromatic N) is 1. The van der Waals surface area contributed by atoms with Crippen LogP contribution in [-0.4, -0.2) is 28.3 Å². The summed E-state index contributed by atoms with van der Waals surface area (Å²) in [6.07, 6.45) is -0.596. The molecule has 1 amide bonds. The van der Waals surface area contributed by atoms with Gasteiger partial charge in [0.2, 0.25) is 0 Å². The smallest absolute Gasteiger partial charge is 0.413 e. The molecule has 0 saturated heterocycles. The Bertz CT molecular complexity index is 465. The lowest BCUT2D eigenvalue weighted by Crippen LogP contribution is -2.27. The van der Waals surface area contributed by atoms with Gasteiger partial charge in [0.25, 0.3) is 0 Å². The van der Waals surface area contributed by atoms with Crippen molar-refractivity contribution in [3.05, 3.63) is 10.6 Å². The molecule has 0 saturated carbocycles. The standard InChI is InChI=1S/C11H15ClN2O3S/c1-6-8(7(15)5-12)18-9(13-6)14-10(16)17-11(2,3)4/h5H2,1-4H3,(H,13,14,16). The van der Waals surface area contributed by atoms with Crippen molar-refractivity contribution in [2.45, 2.75) is 33.3 Å². The quantitative estimate of drug-likeness (QED) is 0.685. The maximum atomic E-state index is 11.5. The van der Waals surface area contributed by atoms with E-state index in [1.54, 1.807) is 27.7 Å². The predicted octanol–water partition coefficient (Wildman–Crippen LogP) is 3.22. The minimum Gasteiger partial charge on any atom is -0.444 e. The number of hydrogen-bond donors (Lipinski definition) is 1. The number of halogens is 1. The van der Waals surface area contributed by atoms with Crippen molar-refractivity contribution in [1.29, 1.82) is 0 Å². The number of thiazole rings is 1. The zero-order valence-corrected chi connectivity index (χ0v) is 12.2. The fourth-order valence-corrected chi connectivity index (χ4v) is 2.26. The molecule has 1 heterocycles. The number of aryl methyl sites for hydroxylation is 1. The molecule has 5 nitrogen and oxygen atoms in total. The fraction of sp³-hybridized carbons (Fsp3) is 0.545. The third kappa shape index (κ3) is 4.27. The Morgan fingerprint density at radius 3 is 2.56 bits per heavy atom. The maximum absolute atomic E-state index is 11.5. The zero-order valence-electron chi connectivity index (χ0n) is 10.7. The molecular weight excluding hydrogens is 276 g/mol. The van der Waals surface area contributed by atoms with E-state index in [9.17, 15) is 9.59 Å². The van der Waals surface area contributed by atoms with Gasteiger partial charge in [0, 0.05) is 0 Å². The van der Waals surface area contributed by atoms with Gasteiger partial charge in [-0.05, 0) is 27.7 Å². The molecule has 1 aromatic heterocycles. The molecule has 1 N–H and O–H groups in total. The van der Waals surface area contributed by atoms with E-state index < -0.39 is 11.7 Å². The Hall–Kier alpha value is -1.14. The topological polar surface area (TPSA) is 68.3 Å². The van der Waals surface area contributed by atoms with Crippen LogP contribution in [0, 0.1) is 6.92 Å². The van der Waals surface area contributed by atoms with E-state index in [1.165, 1.54) is 0 Å². The number of Topliss-reactive ketones (excluding diaryl/α,β-unsaturated/α-hetero) is 1. The molecule has 0 aliphatic heterocycles. The average molecular weight is 291 g/mol. The van der Waals surface area contributed by atoms with Crippen LogP contribution in [0.4, 0.5) is 9.93 Å². The van der Waals surface area contributed by atoms with E-state index in [2.05, 4.69) is 10.3 Å². The van der Waals surface area contributed by atoms with Crippen LogP contribution in [0.2, 0.25) is 0 Å². The molecule has 100 valence electrons. The summed E-state index contributed by atoms with van der Waals surface area (Å²) in [5.41, 5.74) is -0.0257. The van der Waals surface area contributed by atoms with Gasteiger partial charge in [0.1, 0.15) is 5.60 Å². The van der Waals surface area contributed by atoms with Gasteiger partial charge in [-0.15, -0.1) is 11.6 Å². The molecule has 7 heteroatoms. The molecule has 1 aromatic rings. The summed E-state index contributed by atoms with van der Waals surface area (Å²) in [6.45, 7) is 6.99. The Balaban J connectivity index is 2.75. The minimum atomic E-state index is -0.596. The second-order valence-electron chi connectivity index (χ2n) is 4.62. The molecule has 0 bridgehead atoms. The highest BCUT2D eigenvalue weighted by Crippen LogP contribution is 2.24. The monoisotopic (exact) mass is 290 g/mol. The van der Waals surface area contributed by atoms with Crippen LogP contribution in [0.1, 0.15) is 36.1 Å². The number of ketones is 1. The molecule has 0 aliphatic carbocycles. The van der Waals surface area contributed by atoms with Crippen molar-refractivity contribution < 1.29 is 14.3 Å². The first kappa shape index (κ1) is 14.9. The lowest BCUT2D eigenvalue weighted by atomic mass is 10.2. The first-order chi connectivity index (χ1) is 8.23. The van der Waals surface area contributed by atoms with Crippen LogP contribution in [0.15, 0.2) is 0 Å². The van der Waals surface area contributed by atoms with E-state index in [0.717, 1.165) is 11.3 Å². The SMILES string of the molecule is Cc1nc(NC(=O)OC(C)(C)C)sc1C(=O)CCl. The van der Waals surface area contributed by atoms with Gasteiger partial charge in [0.15, 0.2) is 10.9 Å². The van der Waals surface area contributed by atoms with Gasteiger partial charge in [-0.25, -0.2) is 9.78 Å². The lowest BCUT2D eigenvalue weighted by Gasteiger charge is -2.18. The van der Waals surface area contributed by atoms with E-state index >= 15 is 0 Å². The Morgan fingerprint density at radius 1 is 1.44 bits per heavy atom. The number of ether oxygens (including phenoxy) is 1. The minimum absolute atomic E-state index is 0.102. The first-order valence-electron chi connectivity index (χ1n) is 5.29. The number of rotatable bonds is 3. The average Bonchev–Trinajstić information content (AvgIpc) is 2.55. The van der Waals surface area contributed by atoms with Crippen molar-refractivity contribution in [3.8, 4) is 0 Å². The van der Waals surface area contributed by atoms with E-state index in [0.29, 0.717) is 15.7 Å². The number of aromatic nitrogens is 1. The van der Waals surface area contributed by atoms with Crippen molar-refractivity contribution in [2.24, 2.45) is 0 Å². The number of carbonyl (C=O) groups is 2. The van der Waals surface area contributed by atoms with Gasteiger partial charge in [-0.1, -0.05) is 11.3 Å². The molecule has 0 aliphatic rings. The van der Waals surface area contributed by atoms with Crippen molar-refractivity contribution >= 4 is 39.9 Å². The van der Waals surface area contributed by atoms with Crippen LogP contribution in [0.5, 0.6) is 0 Å². The largest absolute Gasteiger partial charge is 0.444 e. The van der Waals surface area contributed by atoms with Crippen LogP contribution >= 0.6 is 22.9 Å². The second kappa shape index (κ2) is 5.67. The number of anilines is 1. The molecule has 0 spiro atoms. The maximum Gasteiger partial charge on any atom is 0.413 e. The summed E-state index contributed by atoms with van der Waals surface area (Å²) in [6, 6.07) is 0. The van der Waals surface area contributed by atoms with Crippen molar-refractivity contribution in [3.63, 3.8) is 0 Å². The number of amides is 1. The molecule has 0 atom stereocenters. The van der Waals surface area contributed by atoms with Crippen molar-refractivity contribution in [1.82, 2.24) is 4.98 Å². The molecule has 0 radical (unpaired) electrons. The van der Waals surface area contributed by atoms with Gasteiger partial charge in [-0.2, -0.15) is 0 Å². The van der Waals surface area contributed by atoms with Crippen molar-refractivity contribution in [2.75, 3.05) is 11.2 Å². The molecule has 0 aromatic carbocycles. The third-order valence-corrected chi connectivity index (χ3v) is 3.14. The molecule has 1 rings (SSSR count). The second-order valence-corrected chi connectivity index (χ2v) is 5.88. The molecule has 0 fully saturated rings. The van der Waals surface area contributed by atoms with Gasteiger partial charge < -0.3 is 4.74 Å². The molecular formula is C11H15ClN2O3S. The normalized spacial score (nSPS) is 11.2. The van der Waals surface area contributed by atoms with Gasteiger partial charge in [0.05, 0.1) is 16.5 Å². The summed E-state index contributed by atoms with van der Waals surface area (Å²) in [5, 5.41) is 2.82. The highest BCUT2D eigenvalue weighted by Gasteiger charge is 2.19. The van der Waals surface area contributed by atoms with Crippen LogP contribution in [0.25, 0.3) is 0 Å². The summed E-state index contributed by atoms with van der Waals surface area (Å²) < 4.78 is 5.08. The highest BCUT2D eigenvalue weighted by atomic mass is 35.5. The first-order valence-corrected chi connectivity index (χ1v) is 6.64. The fourth-order valence-electron chi connectivity index (χ4n) is 1.16. The highest BCUT2D eigenvalue weighted by molar-refractivity contribution is 7.17. The Morgan fingerprint density at radius 2 is 2.06 bits per heavy atom. The number of hydrogen-bond acceptors (Lipinski definition) is 5. The zero-order chi connectivity index (χ0) is 13.9. The van der Waals surface area contributed by atoms with E-state index in [1.807, 2.05) is 0 Å². The Labute approximate surface area is 115 Å². The lowest BCUT2D eigenvalue weighted by molar-refractivity contribution is 0.0635. The summed E-state index contributed by atoms with van der Waals surface area (Å²) in [4.78, 5) is 27.5. The number of alkyl halides is 1. The summed E-state index contributed by atoms with van der Waals surface area (Å²) in [5.74, 6) is -0.307. The van der Waals surface area contributed by atoms with Gasteiger partial charge >= 0.3 is 6.09 Å². The van der Waals surface area contributed by atoms with Crippen LogP contribution < -0.4 is 5.32 Å².